The van der Waals surface area contributed by atoms with Gasteiger partial charge in [-0.2, -0.15) is 5.10 Å². The van der Waals surface area contributed by atoms with E-state index in [-0.39, 0.29) is 6.04 Å². The summed E-state index contributed by atoms with van der Waals surface area (Å²) in [5.41, 5.74) is 5.09. The second kappa shape index (κ2) is 7.88. The molecule has 19 heavy (non-hydrogen) atoms. The van der Waals surface area contributed by atoms with Gasteiger partial charge < -0.3 is 0 Å². The second-order valence-electron chi connectivity index (χ2n) is 5.27. The minimum absolute atomic E-state index is 0.261. The van der Waals surface area contributed by atoms with Crippen molar-refractivity contribution >= 4 is 11.6 Å². The van der Waals surface area contributed by atoms with E-state index in [0.29, 0.717) is 5.92 Å². The standard InChI is InChI=1S/C14H27ClN4/c1-5-7-8-11(6-2)13(17-16)9-12-10(3)18-19(4)14(12)15/h11,13,17H,5-9,16H2,1-4H3. The summed E-state index contributed by atoms with van der Waals surface area (Å²) in [4.78, 5) is 0. The van der Waals surface area contributed by atoms with Crippen molar-refractivity contribution in [2.75, 3.05) is 0 Å². The number of nitrogens with one attached hydrogen (secondary N) is 1. The molecule has 1 aromatic heterocycles. The molecule has 0 aliphatic heterocycles. The summed E-state index contributed by atoms with van der Waals surface area (Å²) in [6.07, 6.45) is 5.65. The molecule has 0 radical (unpaired) electrons. The lowest BCUT2D eigenvalue weighted by Crippen LogP contribution is -2.42. The number of hydrazine groups is 1. The molecule has 0 aliphatic carbocycles. The zero-order chi connectivity index (χ0) is 14.4. The molecule has 3 N–H and O–H groups in total. The van der Waals surface area contributed by atoms with Crippen LogP contribution in [-0.4, -0.2) is 15.8 Å². The zero-order valence-corrected chi connectivity index (χ0v) is 13.3. The Hall–Kier alpha value is -0.580. The molecule has 2 unspecified atom stereocenters. The number of unbranched alkanes of at least 4 members (excludes halogenated alkanes) is 1. The fourth-order valence-corrected chi connectivity index (χ4v) is 2.90. The van der Waals surface area contributed by atoms with Gasteiger partial charge in [0.1, 0.15) is 5.15 Å². The average molecular weight is 287 g/mol. The lowest BCUT2D eigenvalue weighted by molar-refractivity contribution is 0.318. The quantitative estimate of drug-likeness (QED) is 0.571. The van der Waals surface area contributed by atoms with Gasteiger partial charge in [0.15, 0.2) is 0 Å². The Morgan fingerprint density at radius 3 is 2.53 bits per heavy atom. The number of hydrogen-bond donors (Lipinski definition) is 2. The molecule has 5 heteroatoms. The third-order valence-corrected chi connectivity index (χ3v) is 4.40. The van der Waals surface area contributed by atoms with Crippen molar-refractivity contribution in [3.05, 3.63) is 16.4 Å². The van der Waals surface area contributed by atoms with Gasteiger partial charge in [-0.3, -0.25) is 16.0 Å². The molecule has 1 rings (SSSR count). The normalized spacial score (nSPS) is 14.6. The maximum absolute atomic E-state index is 6.30. The van der Waals surface area contributed by atoms with Crippen molar-refractivity contribution in [1.82, 2.24) is 15.2 Å². The highest BCUT2D eigenvalue weighted by molar-refractivity contribution is 6.30. The Balaban J connectivity index is 2.79. The highest BCUT2D eigenvalue weighted by Gasteiger charge is 2.22. The molecular weight excluding hydrogens is 260 g/mol. The van der Waals surface area contributed by atoms with E-state index in [0.717, 1.165) is 29.3 Å². The third-order valence-electron chi connectivity index (χ3n) is 3.93. The van der Waals surface area contributed by atoms with E-state index in [1.54, 1.807) is 4.68 Å². The number of hydrogen-bond acceptors (Lipinski definition) is 3. The first-order valence-corrected chi connectivity index (χ1v) is 7.56. The van der Waals surface area contributed by atoms with Gasteiger partial charge in [0.05, 0.1) is 5.69 Å². The van der Waals surface area contributed by atoms with Crippen LogP contribution in [0.3, 0.4) is 0 Å². The third kappa shape index (κ3) is 4.20. The van der Waals surface area contributed by atoms with Gasteiger partial charge in [-0.15, -0.1) is 0 Å². The smallest absolute Gasteiger partial charge is 0.130 e. The molecule has 4 nitrogen and oxygen atoms in total. The number of aromatic nitrogens is 2. The van der Waals surface area contributed by atoms with Crippen LogP contribution in [0.4, 0.5) is 0 Å². The maximum atomic E-state index is 6.30. The molecule has 0 saturated heterocycles. The van der Waals surface area contributed by atoms with Gasteiger partial charge >= 0.3 is 0 Å². The molecule has 0 bridgehead atoms. The van der Waals surface area contributed by atoms with Crippen molar-refractivity contribution in [2.45, 2.75) is 58.9 Å². The summed E-state index contributed by atoms with van der Waals surface area (Å²) in [6.45, 7) is 6.45. The fourth-order valence-electron chi connectivity index (χ4n) is 2.64. The Morgan fingerprint density at radius 1 is 1.42 bits per heavy atom. The Morgan fingerprint density at radius 2 is 2.11 bits per heavy atom. The van der Waals surface area contributed by atoms with Gasteiger partial charge in [-0.05, 0) is 25.7 Å². The van der Waals surface area contributed by atoms with Crippen LogP contribution >= 0.6 is 11.6 Å². The SMILES string of the molecule is CCCCC(CC)C(Cc1c(C)nn(C)c1Cl)NN. The van der Waals surface area contributed by atoms with Crippen molar-refractivity contribution in [1.29, 1.82) is 0 Å². The van der Waals surface area contributed by atoms with Gasteiger partial charge in [0.2, 0.25) is 0 Å². The van der Waals surface area contributed by atoms with Gasteiger partial charge in [-0.1, -0.05) is 44.7 Å². The number of nitrogens with zero attached hydrogens (tertiary/aromatic N) is 2. The molecular formula is C14H27ClN4. The zero-order valence-electron chi connectivity index (χ0n) is 12.5. The van der Waals surface area contributed by atoms with Crippen molar-refractivity contribution in [3.8, 4) is 0 Å². The number of rotatable bonds is 8. The molecule has 0 aliphatic rings. The first kappa shape index (κ1) is 16.5. The Kier molecular flexibility index (Phi) is 6.83. The van der Waals surface area contributed by atoms with Gasteiger partial charge in [0.25, 0.3) is 0 Å². The first-order chi connectivity index (χ1) is 9.04. The maximum Gasteiger partial charge on any atom is 0.130 e. The van der Waals surface area contributed by atoms with Gasteiger partial charge in [-0.25, -0.2) is 0 Å². The summed E-state index contributed by atoms with van der Waals surface area (Å²) in [7, 11) is 1.87. The molecule has 0 fully saturated rings. The van der Waals surface area contributed by atoms with E-state index in [9.17, 15) is 0 Å². The largest absolute Gasteiger partial charge is 0.271 e. The van der Waals surface area contributed by atoms with Crippen LogP contribution in [0.25, 0.3) is 0 Å². The minimum Gasteiger partial charge on any atom is -0.271 e. The Bertz CT molecular complexity index is 389. The second-order valence-corrected chi connectivity index (χ2v) is 5.62. The van der Waals surface area contributed by atoms with Crippen LogP contribution in [0.5, 0.6) is 0 Å². The van der Waals surface area contributed by atoms with E-state index >= 15 is 0 Å². The average Bonchev–Trinajstić information content (AvgIpc) is 2.64. The fraction of sp³-hybridized carbons (Fsp3) is 0.786. The number of nitrogens with two attached hydrogens (primary N) is 1. The number of halogens is 1. The van der Waals surface area contributed by atoms with Crippen LogP contribution in [0.1, 0.15) is 50.8 Å². The highest BCUT2D eigenvalue weighted by atomic mass is 35.5. The predicted molar refractivity (Wildman–Crippen MR) is 81.1 cm³/mol. The first-order valence-electron chi connectivity index (χ1n) is 7.19. The molecule has 1 aromatic rings. The minimum atomic E-state index is 0.261. The summed E-state index contributed by atoms with van der Waals surface area (Å²) in [5.74, 6) is 6.34. The topological polar surface area (TPSA) is 55.9 Å². The van der Waals surface area contributed by atoms with E-state index in [1.807, 2.05) is 14.0 Å². The molecule has 1 heterocycles. The summed E-state index contributed by atoms with van der Waals surface area (Å²) in [5, 5.41) is 5.09. The number of aryl methyl sites for hydroxylation is 2. The van der Waals surface area contributed by atoms with Crippen molar-refractivity contribution in [3.63, 3.8) is 0 Å². The van der Waals surface area contributed by atoms with E-state index in [4.69, 9.17) is 17.4 Å². The van der Waals surface area contributed by atoms with Crippen LogP contribution in [0.15, 0.2) is 0 Å². The lowest BCUT2D eigenvalue weighted by atomic mass is 9.88. The summed E-state index contributed by atoms with van der Waals surface area (Å²) in [6, 6.07) is 0.261. The molecule has 0 spiro atoms. The van der Waals surface area contributed by atoms with Crippen LogP contribution in [0.2, 0.25) is 5.15 Å². The van der Waals surface area contributed by atoms with Crippen molar-refractivity contribution in [2.24, 2.45) is 18.8 Å². The van der Waals surface area contributed by atoms with Crippen molar-refractivity contribution < 1.29 is 0 Å². The van der Waals surface area contributed by atoms with Crippen LogP contribution < -0.4 is 11.3 Å². The van der Waals surface area contributed by atoms with Crippen LogP contribution in [-0.2, 0) is 13.5 Å². The molecule has 0 aromatic carbocycles. The van der Waals surface area contributed by atoms with E-state index < -0.39 is 0 Å². The van der Waals surface area contributed by atoms with E-state index in [2.05, 4.69) is 24.4 Å². The Labute approximate surface area is 121 Å². The molecule has 0 amide bonds. The molecule has 0 saturated carbocycles. The molecule has 110 valence electrons. The van der Waals surface area contributed by atoms with Crippen LogP contribution in [0, 0.1) is 12.8 Å². The van der Waals surface area contributed by atoms with E-state index in [1.165, 1.54) is 19.3 Å². The van der Waals surface area contributed by atoms with Gasteiger partial charge in [0, 0.05) is 18.7 Å². The highest BCUT2D eigenvalue weighted by Crippen LogP contribution is 2.25. The molecule has 2 atom stereocenters. The summed E-state index contributed by atoms with van der Waals surface area (Å²) < 4.78 is 1.73. The lowest BCUT2D eigenvalue weighted by Gasteiger charge is -2.25. The monoisotopic (exact) mass is 286 g/mol. The summed E-state index contributed by atoms with van der Waals surface area (Å²) >= 11 is 6.30. The predicted octanol–water partition coefficient (Wildman–Crippen LogP) is 2.97.